The van der Waals surface area contributed by atoms with Gasteiger partial charge in [0.05, 0.1) is 5.69 Å². The van der Waals surface area contributed by atoms with Crippen molar-refractivity contribution in [2.45, 2.75) is 58.8 Å². The largest absolute Gasteiger partial charge is 0.306 e. The fourth-order valence-corrected chi connectivity index (χ4v) is 3.92. The molecule has 0 saturated carbocycles. The molecule has 0 aliphatic carbocycles. The van der Waals surface area contributed by atoms with Crippen LogP contribution in [-0.2, 0) is 7.05 Å². The van der Waals surface area contributed by atoms with E-state index in [4.69, 9.17) is 0 Å². The van der Waals surface area contributed by atoms with Crippen LogP contribution in [0.3, 0.4) is 0 Å². The van der Waals surface area contributed by atoms with Crippen LogP contribution in [0, 0.1) is 17.8 Å². The predicted octanol–water partition coefficient (Wildman–Crippen LogP) is 4.31. The number of nitrogens with zero attached hydrogens (tertiary/aromatic N) is 3. The third-order valence-electron chi connectivity index (χ3n) is 5.63. The van der Waals surface area contributed by atoms with Crippen LogP contribution in [0.5, 0.6) is 0 Å². The molecule has 126 valence electrons. The standard InChI is InChI=1S/C19H35N3/c1-15(13-18-7-6-11-21(4)14-18)8-9-16(2)17(3)19-10-12-22(5)20-19/h10,12,15-18H,6-9,11,13-14H2,1-5H3. The monoisotopic (exact) mass is 305 g/mol. The average molecular weight is 306 g/mol. The molecule has 1 aliphatic heterocycles. The van der Waals surface area contributed by atoms with Crippen molar-refractivity contribution in [3.63, 3.8) is 0 Å². The van der Waals surface area contributed by atoms with Gasteiger partial charge in [-0.3, -0.25) is 4.68 Å². The van der Waals surface area contributed by atoms with Crippen molar-refractivity contribution in [3.8, 4) is 0 Å². The number of aryl methyl sites for hydroxylation is 1. The molecule has 4 unspecified atom stereocenters. The van der Waals surface area contributed by atoms with Gasteiger partial charge in [0.1, 0.15) is 0 Å². The summed E-state index contributed by atoms with van der Waals surface area (Å²) in [6, 6.07) is 2.17. The highest BCUT2D eigenvalue weighted by Gasteiger charge is 2.21. The summed E-state index contributed by atoms with van der Waals surface area (Å²) in [5.41, 5.74) is 1.25. The maximum absolute atomic E-state index is 4.57. The van der Waals surface area contributed by atoms with Crippen molar-refractivity contribution < 1.29 is 0 Å². The molecule has 1 aromatic heterocycles. The minimum atomic E-state index is 0.564. The van der Waals surface area contributed by atoms with Crippen LogP contribution in [0.2, 0.25) is 0 Å². The normalized spacial score (nSPS) is 24.1. The molecule has 0 radical (unpaired) electrons. The molecule has 0 N–H and O–H groups in total. The average Bonchev–Trinajstić information content (AvgIpc) is 2.90. The molecule has 1 aromatic rings. The van der Waals surface area contributed by atoms with Gasteiger partial charge < -0.3 is 4.90 Å². The first-order valence-corrected chi connectivity index (χ1v) is 9.13. The van der Waals surface area contributed by atoms with Gasteiger partial charge in [0.2, 0.25) is 0 Å². The van der Waals surface area contributed by atoms with Gasteiger partial charge in [-0.05, 0) is 63.1 Å². The Morgan fingerprint density at radius 3 is 2.64 bits per heavy atom. The van der Waals surface area contributed by atoms with Crippen molar-refractivity contribution in [3.05, 3.63) is 18.0 Å². The Bertz CT molecular complexity index is 440. The quantitative estimate of drug-likeness (QED) is 0.748. The lowest BCUT2D eigenvalue weighted by Gasteiger charge is -2.31. The summed E-state index contributed by atoms with van der Waals surface area (Å²) in [5, 5.41) is 4.57. The van der Waals surface area contributed by atoms with E-state index < -0.39 is 0 Å². The van der Waals surface area contributed by atoms with E-state index in [9.17, 15) is 0 Å². The first-order chi connectivity index (χ1) is 10.5. The summed E-state index contributed by atoms with van der Waals surface area (Å²) in [6.07, 6.45) is 8.98. The number of likely N-dealkylation sites (tertiary alicyclic amines) is 1. The van der Waals surface area contributed by atoms with Gasteiger partial charge in [0, 0.05) is 25.7 Å². The van der Waals surface area contributed by atoms with E-state index in [0.717, 1.165) is 11.8 Å². The van der Waals surface area contributed by atoms with Gasteiger partial charge in [0.25, 0.3) is 0 Å². The Kier molecular flexibility index (Phi) is 6.49. The first kappa shape index (κ1) is 17.5. The molecular formula is C19H35N3. The van der Waals surface area contributed by atoms with E-state index >= 15 is 0 Å². The van der Waals surface area contributed by atoms with E-state index in [1.165, 1.54) is 50.9 Å². The Morgan fingerprint density at radius 1 is 1.23 bits per heavy atom. The fraction of sp³-hybridized carbons (Fsp3) is 0.842. The zero-order valence-electron chi connectivity index (χ0n) is 15.3. The zero-order chi connectivity index (χ0) is 16.1. The van der Waals surface area contributed by atoms with Gasteiger partial charge >= 0.3 is 0 Å². The molecule has 1 saturated heterocycles. The summed E-state index contributed by atoms with van der Waals surface area (Å²) >= 11 is 0. The SMILES string of the molecule is CC(CCC(C)C(C)c1ccn(C)n1)CC1CCCN(C)C1. The topological polar surface area (TPSA) is 21.1 Å². The summed E-state index contributed by atoms with van der Waals surface area (Å²) in [4.78, 5) is 2.51. The van der Waals surface area contributed by atoms with E-state index in [1.54, 1.807) is 0 Å². The molecule has 0 spiro atoms. The lowest BCUT2D eigenvalue weighted by molar-refractivity contribution is 0.183. The predicted molar refractivity (Wildman–Crippen MR) is 94.0 cm³/mol. The number of hydrogen-bond acceptors (Lipinski definition) is 2. The molecule has 0 amide bonds. The highest BCUT2D eigenvalue weighted by atomic mass is 15.2. The van der Waals surface area contributed by atoms with E-state index in [1.807, 2.05) is 11.7 Å². The Hall–Kier alpha value is -0.830. The molecule has 4 atom stereocenters. The van der Waals surface area contributed by atoms with Crippen molar-refractivity contribution in [1.29, 1.82) is 0 Å². The third kappa shape index (κ3) is 5.12. The van der Waals surface area contributed by atoms with Crippen molar-refractivity contribution in [2.75, 3.05) is 20.1 Å². The van der Waals surface area contributed by atoms with Crippen LogP contribution in [0.1, 0.15) is 64.5 Å². The van der Waals surface area contributed by atoms with Crippen LogP contribution in [0.15, 0.2) is 12.3 Å². The lowest BCUT2D eigenvalue weighted by Crippen LogP contribution is -2.32. The molecule has 3 nitrogen and oxygen atoms in total. The van der Waals surface area contributed by atoms with Crippen molar-refractivity contribution in [1.82, 2.24) is 14.7 Å². The summed E-state index contributed by atoms with van der Waals surface area (Å²) in [5.74, 6) is 3.06. The highest BCUT2D eigenvalue weighted by Crippen LogP contribution is 2.30. The summed E-state index contributed by atoms with van der Waals surface area (Å²) in [7, 11) is 4.28. The molecule has 3 heteroatoms. The molecular weight excluding hydrogens is 270 g/mol. The van der Waals surface area contributed by atoms with Gasteiger partial charge in [-0.15, -0.1) is 0 Å². The van der Waals surface area contributed by atoms with E-state index in [2.05, 4.69) is 50.1 Å². The van der Waals surface area contributed by atoms with Crippen LogP contribution in [0.25, 0.3) is 0 Å². The molecule has 0 bridgehead atoms. The summed E-state index contributed by atoms with van der Waals surface area (Å²) < 4.78 is 1.92. The Balaban J connectivity index is 1.72. The maximum atomic E-state index is 4.57. The molecule has 0 aromatic carbocycles. The Morgan fingerprint density at radius 2 is 2.00 bits per heavy atom. The second-order valence-corrected chi connectivity index (χ2v) is 7.87. The highest BCUT2D eigenvalue weighted by molar-refractivity contribution is 5.06. The number of hydrogen-bond donors (Lipinski definition) is 0. The second kappa shape index (κ2) is 8.14. The minimum Gasteiger partial charge on any atom is -0.306 e. The maximum Gasteiger partial charge on any atom is 0.0655 e. The van der Waals surface area contributed by atoms with Crippen LogP contribution in [-0.4, -0.2) is 34.8 Å². The van der Waals surface area contributed by atoms with Crippen molar-refractivity contribution >= 4 is 0 Å². The molecule has 2 rings (SSSR count). The van der Waals surface area contributed by atoms with Gasteiger partial charge in [-0.2, -0.15) is 5.10 Å². The molecule has 1 fully saturated rings. The molecule has 22 heavy (non-hydrogen) atoms. The van der Waals surface area contributed by atoms with E-state index in [0.29, 0.717) is 11.8 Å². The Labute approximate surface area is 137 Å². The van der Waals surface area contributed by atoms with Crippen molar-refractivity contribution in [2.24, 2.45) is 24.8 Å². The summed E-state index contributed by atoms with van der Waals surface area (Å²) in [6.45, 7) is 9.77. The van der Waals surface area contributed by atoms with Gasteiger partial charge in [-0.25, -0.2) is 0 Å². The second-order valence-electron chi connectivity index (χ2n) is 7.87. The third-order valence-corrected chi connectivity index (χ3v) is 5.63. The van der Waals surface area contributed by atoms with Gasteiger partial charge in [0.15, 0.2) is 0 Å². The minimum absolute atomic E-state index is 0.564. The van der Waals surface area contributed by atoms with Gasteiger partial charge in [-0.1, -0.05) is 27.2 Å². The number of piperidine rings is 1. The fourth-order valence-electron chi connectivity index (χ4n) is 3.92. The zero-order valence-corrected chi connectivity index (χ0v) is 15.3. The van der Waals surface area contributed by atoms with Crippen LogP contribution < -0.4 is 0 Å². The number of rotatable bonds is 7. The van der Waals surface area contributed by atoms with Crippen LogP contribution >= 0.6 is 0 Å². The molecule has 1 aliphatic rings. The van der Waals surface area contributed by atoms with Crippen LogP contribution in [0.4, 0.5) is 0 Å². The lowest BCUT2D eigenvalue weighted by atomic mass is 9.83. The van der Waals surface area contributed by atoms with E-state index in [-0.39, 0.29) is 0 Å². The molecule has 2 heterocycles. The number of aromatic nitrogens is 2. The first-order valence-electron chi connectivity index (χ1n) is 9.13. The smallest absolute Gasteiger partial charge is 0.0655 e.